The van der Waals surface area contributed by atoms with Gasteiger partial charge in [-0.2, -0.15) is 0 Å². The molecule has 10 heteroatoms. The first-order chi connectivity index (χ1) is 19.4. The van der Waals surface area contributed by atoms with Crippen LogP contribution >= 0.6 is 0 Å². The van der Waals surface area contributed by atoms with Crippen LogP contribution in [-0.4, -0.2) is 79.4 Å². The van der Waals surface area contributed by atoms with Crippen LogP contribution in [0.4, 0.5) is 0 Å². The Morgan fingerprint density at radius 1 is 1.12 bits per heavy atom. The van der Waals surface area contributed by atoms with Crippen LogP contribution in [-0.2, 0) is 38.8 Å². The summed E-state index contributed by atoms with van der Waals surface area (Å²) in [5.41, 5.74) is 3.75. The van der Waals surface area contributed by atoms with Crippen molar-refractivity contribution in [3.05, 3.63) is 64.2 Å². The number of imide groups is 1. The second-order valence-electron chi connectivity index (χ2n) is 10.4. The smallest absolute Gasteiger partial charge is 0.255 e. The maximum absolute atomic E-state index is 13.2. The first-order valence-corrected chi connectivity index (χ1v) is 13.8. The molecule has 212 valence electrons. The monoisotopic (exact) mass is 549 g/mol. The Kier molecular flexibility index (Phi) is 8.88. The highest BCUT2D eigenvalue weighted by molar-refractivity contribution is 6.05. The molecule has 0 unspecified atom stereocenters. The number of ketones is 1. The fourth-order valence-corrected chi connectivity index (χ4v) is 5.48. The summed E-state index contributed by atoms with van der Waals surface area (Å²) in [5, 5.41) is 2.33. The van der Waals surface area contributed by atoms with E-state index in [0.717, 1.165) is 29.8 Å². The summed E-state index contributed by atoms with van der Waals surface area (Å²) >= 11 is 0. The Hall–Kier alpha value is -3.60. The van der Waals surface area contributed by atoms with E-state index in [-0.39, 0.29) is 37.2 Å². The molecule has 2 saturated heterocycles. The minimum atomic E-state index is -0.684. The highest BCUT2D eigenvalue weighted by atomic mass is 16.5. The van der Waals surface area contributed by atoms with Crippen LogP contribution in [0.1, 0.15) is 63.1 Å². The molecule has 0 spiro atoms. The highest BCUT2D eigenvalue weighted by Crippen LogP contribution is 2.34. The summed E-state index contributed by atoms with van der Waals surface area (Å²) < 4.78 is 16.8. The van der Waals surface area contributed by atoms with E-state index < -0.39 is 11.9 Å². The predicted molar refractivity (Wildman–Crippen MR) is 145 cm³/mol. The average Bonchev–Trinajstić information content (AvgIpc) is 3.29. The number of rotatable bonds is 11. The zero-order valence-electron chi connectivity index (χ0n) is 22.8. The van der Waals surface area contributed by atoms with E-state index in [2.05, 4.69) is 10.2 Å². The van der Waals surface area contributed by atoms with Crippen molar-refractivity contribution >= 4 is 23.5 Å². The van der Waals surface area contributed by atoms with Gasteiger partial charge in [-0.05, 0) is 42.2 Å². The third kappa shape index (κ3) is 6.24. The molecule has 0 aliphatic carbocycles. The molecule has 40 heavy (non-hydrogen) atoms. The van der Waals surface area contributed by atoms with Crippen LogP contribution < -0.4 is 10.1 Å². The lowest BCUT2D eigenvalue weighted by molar-refractivity contribution is -0.136. The van der Waals surface area contributed by atoms with Gasteiger partial charge in [-0.3, -0.25) is 29.4 Å². The highest BCUT2D eigenvalue weighted by Gasteiger charge is 2.40. The SMILES string of the molecule is COCCCC(=O)c1cc(COc2cccc3c2CN([C@H]2CCC(=O)NC2=O)C3=O)ccc1CN1CCOCC1. The van der Waals surface area contributed by atoms with E-state index in [9.17, 15) is 19.2 Å². The number of nitrogens with zero attached hydrogens (tertiary/aromatic N) is 2. The summed E-state index contributed by atoms with van der Waals surface area (Å²) in [5.74, 6) is -0.368. The van der Waals surface area contributed by atoms with E-state index in [1.54, 1.807) is 19.2 Å². The number of piperidine rings is 1. The number of ether oxygens (including phenoxy) is 3. The van der Waals surface area contributed by atoms with Crippen molar-refractivity contribution in [3.8, 4) is 5.75 Å². The minimum absolute atomic E-state index is 0.0771. The molecule has 2 aromatic rings. The van der Waals surface area contributed by atoms with Crippen molar-refractivity contribution in [2.45, 2.75) is 51.4 Å². The normalized spacial score (nSPS) is 19.5. The van der Waals surface area contributed by atoms with Gasteiger partial charge >= 0.3 is 0 Å². The second-order valence-corrected chi connectivity index (χ2v) is 10.4. The first kappa shape index (κ1) is 27.9. The van der Waals surface area contributed by atoms with Gasteiger partial charge in [-0.15, -0.1) is 0 Å². The lowest BCUT2D eigenvalue weighted by Gasteiger charge is -2.29. The van der Waals surface area contributed by atoms with Crippen LogP contribution in [0.5, 0.6) is 5.75 Å². The molecule has 3 amide bonds. The molecule has 5 rings (SSSR count). The van der Waals surface area contributed by atoms with Crippen molar-refractivity contribution in [2.24, 2.45) is 0 Å². The molecule has 1 atom stereocenters. The van der Waals surface area contributed by atoms with Crippen LogP contribution in [0.2, 0.25) is 0 Å². The molecule has 3 aliphatic rings. The molecule has 0 radical (unpaired) electrons. The Labute approximate surface area is 233 Å². The Morgan fingerprint density at radius 2 is 1.95 bits per heavy atom. The maximum Gasteiger partial charge on any atom is 0.255 e. The van der Waals surface area contributed by atoms with Crippen LogP contribution in [0, 0.1) is 0 Å². The summed E-state index contributed by atoms with van der Waals surface area (Å²) in [4.78, 5) is 54.1. The van der Waals surface area contributed by atoms with Crippen molar-refractivity contribution in [3.63, 3.8) is 0 Å². The Bertz CT molecular complexity index is 1290. The lowest BCUT2D eigenvalue weighted by Crippen LogP contribution is -2.52. The number of nitrogens with one attached hydrogen (secondary N) is 1. The number of hydrogen-bond donors (Lipinski definition) is 1. The molecule has 2 fully saturated rings. The van der Waals surface area contributed by atoms with Gasteiger partial charge < -0.3 is 19.1 Å². The molecule has 0 bridgehead atoms. The van der Waals surface area contributed by atoms with Crippen LogP contribution in [0.3, 0.4) is 0 Å². The molecular weight excluding hydrogens is 514 g/mol. The second kappa shape index (κ2) is 12.7. The number of carbonyl (C=O) groups excluding carboxylic acids is 4. The number of amides is 3. The minimum Gasteiger partial charge on any atom is -0.489 e. The average molecular weight is 550 g/mol. The maximum atomic E-state index is 13.2. The van der Waals surface area contributed by atoms with E-state index in [4.69, 9.17) is 14.2 Å². The summed E-state index contributed by atoms with van der Waals surface area (Å²) in [6.45, 7) is 4.70. The van der Waals surface area contributed by atoms with Gasteiger partial charge in [0.15, 0.2) is 5.78 Å². The molecular formula is C30H35N3O7. The Balaban J connectivity index is 1.31. The Morgan fingerprint density at radius 3 is 2.73 bits per heavy atom. The standard InChI is InChI=1S/C30H35N3O7/c1-38-13-3-5-26(34)23-16-20(7-8-21(23)17-32-11-14-39-15-12-32)19-40-27-6-2-4-22-24(27)18-33(30(22)37)25-9-10-28(35)31-29(25)36/h2,4,6-8,16,25H,3,5,9-15,17-19H2,1H3,(H,31,35,36)/t25-/m0/s1. The van der Waals surface area contributed by atoms with Gasteiger partial charge in [-0.1, -0.05) is 18.2 Å². The van der Waals surface area contributed by atoms with Crippen LogP contribution in [0.15, 0.2) is 36.4 Å². The van der Waals surface area contributed by atoms with Crippen molar-refractivity contribution in [1.82, 2.24) is 15.1 Å². The fourth-order valence-electron chi connectivity index (χ4n) is 5.48. The van der Waals surface area contributed by atoms with Gasteiger partial charge in [0.1, 0.15) is 18.4 Å². The van der Waals surface area contributed by atoms with Crippen molar-refractivity contribution in [1.29, 1.82) is 0 Å². The van der Waals surface area contributed by atoms with E-state index in [1.165, 1.54) is 4.90 Å². The molecule has 0 aromatic heterocycles. The number of hydrogen-bond acceptors (Lipinski definition) is 8. The topological polar surface area (TPSA) is 114 Å². The number of benzene rings is 2. The number of methoxy groups -OCH3 is 1. The summed E-state index contributed by atoms with van der Waals surface area (Å²) in [6.07, 6.45) is 1.56. The molecule has 3 aliphatic heterocycles. The van der Waals surface area contributed by atoms with Gasteiger partial charge in [0.2, 0.25) is 11.8 Å². The quantitative estimate of drug-likeness (QED) is 0.258. The fraction of sp³-hybridized carbons (Fsp3) is 0.467. The zero-order valence-corrected chi connectivity index (χ0v) is 22.8. The molecule has 0 saturated carbocycles. The van der Waals surface area contributed by atoms with Gasteiger partial charge in [0.25, 0.3) is 5.91 Å². The van der Waals surface area contributed by atoms with E-state index in [0.29, 0.717) is 62.5 Å². The van der Waals surface area contributed by atoms with E-state index in [1.807, 2.05) is 24.3 Å². The van der Waals surface area contributed by atoms with Crippen molar-refractivity contribution in [2.75, 3.05) is 40.0 Å². The molecule has 2 aromatic carbocycles. The largest absolute Gasteiger partial charge is 0.489 e. The van der Waals surface area contributed by atoms with E-state index >= 15 is 0 Å². The molecule has 3 heterocycles. The number of carbonyl (C=O) groups is 4. The number of fused-ring (bicyclic) bond motifs is 1. The van der Waals surface area contributed by atoms with Gasteiger partial charge in [0, 0.05) is 62.9 Å². The predicted octanol–water partition coefficient (Wildman–Crippen LogP) is 2.47. The van der Waals surface area contributed by atoms with Crippen LogP contribution in [0.25, 0.3) is 0 Å². The third-order valence-corrected chi connectivity index (χ3v) is 7.66. The number of morpholine rings is 1. The molecule has 1 N–H and O–H groups in total. The molecule has 10 nitrogen and oxygen atoms in total. The van der Waals surface area contributed by atoms with Crippen molar-refractivity contribution < 1.29 is 33.4 Å². The summed E-state index contributed by atoms with van der Waals surface area (Å²) in [6, 6.07) is 10.5. The number of Topliss-reactive ketones (excluding diaryl/α,β-unsaturated/α-hetero) is 1. The lowest BCUT2D eigenvalue weighted by atomic mass is 9.97. The van der Waals surface area contributed by atoms with Gasteiger partial charge in [-0.25, -0.2) is 0 Å². The first-order valence-electron chi connectivity index (χ1n) is 13.8. The third-order valence-electron chi connectivity index (χ3n) is 7.66. The van der Waals surface area contributed by atoms with Gasteiger partial charge in [0.05, 0.1) is 19.8 Å². The zero-order chi connectivity index (χ0) is 28.1. The summed E-state index contributed by atoms with van der Waals surface area (Å²) in [7, 11) is 1.63.